The lowest BCUT2D eigenvalue weighted by Crippen LogP contribution is -2.16. The molecule has 0 atom stereocenters. The molecule has 0 radical (unpaired) electrons. The third kappa shape index (κ3) is 6.91. The van der Waals surface area contributed by atoms with Crippen LogP contribution in [-0.2, 0) is 20.2 Å². The molecular formula is C23H21N7O8S2. The molecule has 1 heterocycles. The van der Waals surface area contributed by atoms with Crippen molar-refractivity contribution < 1.29 is 31.0 Å². The van der Waals surface area contributed by atoms with Gasteiger partial charge >= 0.3 is 5.69 Å². The number of hydrogen-bond acceptors (Lipinski definition) is 12. The first kappa shape index (κ1) is 28.0. The van der Waals surface area contributed by atoms with Crippen LogP contribution in [-0.4, -0.2) is 46.0 Å². The van der Waals surface area contributed by atoms with Crippen LogP contribution in [0.1, 0.15) is 11.1 Å². The van der Waals surface area contributed by atoms with Crippen molar-refractivity contribution in [3.8, 4) is 5.75 Å². The number of nitrogens with two attached hydrogens (primary N) is 2. The number of nitrogens with one attached hydrogen (secondary N) is 3. The second-order valence-electron chi connectivity index (χ2n) is 8.21. The van der Waals surface area contributed by atoms with E-state index < -0.39 is 35.7 Å². The molecule has 10 N–H and O–H groups in total. The van der Waals surface area contributed by atoms with Gasteiger partial charge in [-0.1, -0.05) is 24.3 Å². The van der Waals surface area contributed by atoms with Gasteiger partial charge in [0.1, 0.15) is 15.5 Å². The third-order valence-corrected chi connectivity index (χ3v) is 7.00. The van der Waals surface area contributed by atoms with Crippen molar-refractivity contribution in [3.05, 3.63) is 76.2 Å². The van der Waals surface area contributed by atoms with Crippen LogP contribution >= 0.6 is 0 Å². The van der Waals surface area contributed by atoms with Crippen molar-refractivity contribution in [1.82, 2.24) is 15.0 Å². The smallest absolute Gasteiger partial charge is 0.350 e. The maximum absolute atomic E-state index is 12.1. The van der Waals surface area contributed by atoms with Gasteiger partial charge < -0.3 is 27.2 Å². The molecule has 15 nitrogen and oxygen atoms in total. The number of benzene rings is 3. The Morgan fingerprint density at radius 2 is 1.30 bits per heavy atom. The largest absolute Gasteiger partial charge is 0.508 e. The van der Waals surface area contributed by atoms with Gasteiger partial charge in [-0.2, -0.15) is 26.8 Å². The molecule has 1 aromatic heterocycles. The molecule has 0 aliphatic rings. The first-order valence-electron chi connectivity index (χ1n) is 11.0. The highest BCUT2D eigenvalue weighted by Gasteiger charge is 2.18. The SMILES string of the molecule is Nc1cc(O)cc(Nc2ccc(C=Cc3ccc(Nc4nc(N)[nH]c(=O)n4)cc3S(=O)(=O)O)c(S(=O)(=O)O)c2)c1. The lowest BCUT2D eigenvalue weighted by molar-refractivity contribution is 0.475. The van der Waals surface area contributed by atoms with Crippen LogP contribution in [0.15, 0.2) is 69.2 Å². The van der Waals surface area contributed by atoms with E-state index >= 15 is 0 Å². The van der Waals surface area contributed by atoms with Crippen molar-refractivity contribution in [2.24, 2.45) is 0 Å². The van der Waals surface area contributed by atoms with Crippen molar-refractivity contribution >= 4 is 67.0 Å². The highest BCUT2D eigenvalue weighted by Crippen LogP contribution is 2.29. The van der Waals surface area contributed by atoms with Gasteiger partial charge in [-0.3, -0.25) is 14.1 Å². The molecule has 208 valence electrons. The monoisotopic (exact) mass is 587 g/mol. The van der Waals surface area contributed by atoms with Gasteiger partial charge in [0.2, 0.25) is 11.9 Å². The summed E-state index contributed by atoms with van der Waals surface area (Å²) in [5.74, 6) is -0.591. The minimum absolute atomic E-state index is 0.0145. The second-order valence-corrected chi connectivity index (χ2v) is 11.0. The average Bonchev–Trinajstić information content (AvgIpc) is 2.81. The molecular weight excluding hydrogens is 566 g/mol. The summed E-state index contributed by atoms with van der Waals surface area (Å²) in [4.78, 5) is 19.9. The number of phenols is 1. The van der Waals surface area contributed by atoms with Crippen molar-refractivity contribution in [2.45, 2.75) is 9.79 Å². The zero-order valence-electron chi connectivity index (χ0n) is 20.1. The Kier molecular flexibility index (Phi) is 7.47. The second kappa shape index (κ2) is 10.7. The molecule has 4 rings (SSSR count). The molecule has 0 saturated carbocycles. The molecule has 0 unspecified atom stereocenters. The van der Waals surface area contributed by atoms with E-state index in [-0.39, 0.29) is 45.8 Å². The van der Waals surface area contributed by atoms with E-state index in [1.807, 2.05) is 0 Å². The summed E-state index contributed by atoms with van der Waals surface area (Å²) < 4.78 is 68.0. The van der Waals surface area contributed by atoms with E-state index in [0.29, 0.717) is 5.69 Å². The van der Waals surface area contributed by atoms with E-state index in [1.165, 1.54) is 54.6 Å². The number of nitrogens with zero attached hydrogens (tertiary/aromatic N) is 2. The fourth-order valence-corrected chi connectivity index (χ4v) is 5.00. The fraction of sp³-hybridized carbons (Fsp3) is 0. The van der Waals surface area contributed by atoms with Crippen LogP contribution in [0.3, 0.4) is 0 Å². The third-order valence-electron chi connectivity index (χ3n) is 5.18. The number of rotatable bonds is 8. The lowest BCUT2D eigenvalue weighted by atomic mass is 10.1. The van der Waals surface area contributed by atoms with E-state index in [9.17, 15) is 35.8 Å². The first-order chi connectivity index (χ1) is 18.7. The summed E-state index contributed by atoms with van der Waals surface area (Å²) in [6.45, 7) is 0. The van der Waals surface area contributed by atoms with Gasteiger partial charge in [-0.15, -0.1) is 0 Å². The molecule has 0 aliphatic heterocycles. The lowest BCUT2D eigenvalue weighted by Gasteiger charge is -2.11. The van der Waals surface area contributed by atoms with Gasteiger partial charge in [-0.05, 0) is 41.5 Å². The van der Waals surface area contributed by atoms with E-state index in [1.54, 1.807) is 0 Å². The molecule has 40 heavy (non-hydrogen) atoms. The minimum Gasteiger partial charge on any atom is -0.508 e. The van der Waals surface area contributed by atoms with Crippen LogP contribution < -0.4 is 27.8 Å². The predicted octanol–water partition coefficient (Wildman–Crippen LogP) is 2.19. The highest BCUT2D eigenvalue weighted by molar-refractivity contribution is 7.86. The van der Waals surface area contributed by atoms with Crippen LogP contribution in [0.4, 0.5) is 34.6 Å². The van der Waals surface area contributed by atoms with Crippen molar-refractivity contribution in [1.29, 1.82) is 0 Å². The zero-order valence-corrected chi connectivity index (χ0v) is 21.7. The number of phenolic OH excluding ortho intramolecular Hbond substituents is 1. The molecule has 0 fully saturated rings. The maximum atomic E-state index is 12.1. The standard InChI is InChI=1S/C23H21N7O8S2/c24-14-7-17(9-18(31)8-14)26-15-5-3-12(19(10-15)39(33,34)35)1-2-13-4-6-16(11-20(13)40(36,37)38)27-22-28-21(25)29-23(32)30-22/h1-11,26,31H,24H2,(H,33,34,35)(H,36,37,38)(H4,25,27,28,29,30,32). The van der Waals surface area contributed by atoms with Crippen molar-refractivity contribution in [2.75, 3.05) is 22.1 Å². The Morgan fingerprint density at radius 3 is 1.80 bits per heavy atom. The Labute approximate surface area is 226 Å². The zero-order chi connectivity index (χ0) is 29.2. The fourth-order valence-electron chi connectivity index (χ4n) is 3.59. The Balaban J connectivity index is 1.69. The molecule has 3 aromatic carbocycles. The molecule has 0 bridgehead atoms. The quantitative estimate of drug-likeness (QED) is 0.0834. The average molecular weight is 588 g/mol. The predicted molar refractivity (Wildman–Crippen MR) is 148 cm³/mol. The summed E-state index contributed by atoms with van der Waals surface area (Å²) >= 11 is 0. The first-order valence-corrected chi connectivity index (χ1v) is 13.8. The highest BCUT2D eigenvalue weighted by atomic mass is 32.2. The van der Waals surface area contributed by atoms with Crippen molar-refractivity contribution in [3.63, 3.8) is 0 Å². The number of aromatic hydroxyl groups is 1. The topological polar surface area (TPSA) is 264 Å². The Bertz CT molecular complexity index is 1900. The van der Waals surface area contributed by atoms with Gasteiger partial charge in [0.25, 0.3) is 20.2 Å². The molecule has 17 heteroatoms. The maximum Gasteiger partial charge on any atom is 0.350 e. The van der Waals surface area contributed by atoms with Crippen LogP contribution in [0.2, 0.25) is 0 Å². The summed E-state index contributed by atoms with van der Waals surface area (Å²) in [6.07, 6.45) is 2.43. The number of nitrogen functional groups attached to an aromatic ring is 2. The number of aromatic amines is 1. The number of hydrogen-bond donors (Lipinski definition) is 8. The minimum atomic E-state index is -4.79. The number of H-pyrrole nitrogens is 1. The van der Waals surface area contributed by atoms with E-state index in [0.717, 1.165) is 12.1 Å². The molecule has 0 amide bonds. The van der Waals surface area contributed by atoms with Gasteiger partial charge in [0.15, 0.2) is 0 Å². The van der Waals surface area contributed by atoms with Gasteiger partial charge in [0.05, 0.1) is 0 Å². The van der Waals surface area contributed by atoms with Gasteiger partial charge in [0, 0.05) is 34.9 Å². The van der Waals surface area contributed by atoms with Crippen LogP contribution in [0.25, 0.3) is 12.2 Å². The Morgan fingerprint density at radius 1 is 0.750 bits per heavy atom. The normalized spacial score (nSPS) is 11.9. The van der Waals surface area contributed by atoms with Crippen LogP contribution in [0, 0.1) is 0 Å². The molecule has 0 saturated heterocycles. The summed E-state index contributed by atoms with van der Waals surface area (Å²) in [5, 5.41) is 15.2. The molecule has 0 spiro atoms. The number of aromatic nitrogens is 3. The summed E-state index contributed by atoms with van der Waals surface area (Å²) in [5.41, 5.74) is 11.2. The van der Waals surface area contributed by atoms with E-state index in [4.69, 9.17) is 11.5 Å². The van der Waals surface area contributed by atoms with Crippen LogP contribution in [0.5, 0.6) is 5.75 Å². The van der Waals surface area contributed by atoms with Gasteiger partial charge in [-0.25, -0.2) is 4.79 Å². The number of anilines is 6. The summed E-state index contributed by atoms with van der Waals surface area (Å²) in [7, 11) is -9.54. The molecule has 4 aromatic rings. The Hall–Kier alpha value is -4.97. The van der Waals surface area contributed by atoms with E-state index in [2.05, 4.69) is 25.6 Å². The molecule has 0 aliphatic carbocycles. The summed E-state index contributed by atoms with van der Waals surface area (Å²) in [6, 6.07) is 11.8.